The number of aromatic nitrogens is 2. The molecule has 0 amide bonds. The molecule has 2 heterocycles. The molecule has 0 spiro atoms. The van der Waals surface area contributed by atoms with Crippen LogP contribution in [0.1, 0.15) is 47.8 Å². The number of carbonyl (C=O) groups is 2. The maximum Gasteiger partial charge on any atom is 0.406 e. The van der Waals surface area contributed by atoms with E-state index >= 15 is 0 Å². The predicted molar refractivity (Wildman–Crippen MR) is 149 cm³/mol. The van der Waals surface area contributed by atoms with E-state index in [1.54, 1.807) is 27.7 Å². The second-order valence-electron chi connectivity index (χ2n) is 10.3. The van der Waals surface area contributed by atoms with Crippen LogP contribution in [0.2, 0.25) is 0 Å². The lowest BCUT2D eigenvalue weighted by Gasteiger charge is -2.26. The standard InChI is InChI=1S/C23H38ClN4O10PS/c1-13(2)37-18(31)14(3)27-39(34,35-9-10-40-20(32)22(4,5)12-29)36-11-15-17(30)23(6,24)19(38-15)28-8-7-16(25)26-21(28)33/h7-8,13-15,17,19,29-30H,9-12H2,1-6H3,(H,27,34)(H2,25,26,33)/t14-,15-,17-,19-,23-,39+/m1/s1. The van der Waals surface area contributed by atoms with E-state index in [2.05, 4.69) is 10.1 Å². The van der Waals surface area contributed by atoms with Crippen molar-refractivity contribution in [1.82, 2.24) is 14.6 Å². The number of aliphatic hydroxyl groups excluding tert-OH is 2. The van der Waals surface area contributed by atoms with Crippen molar-refractivity contribution >= 4 is 48.0 Å². The van der Waals surface area contributed by atoms with Crippen LogP contribution in [0.4, 0.5) is 5.82 Å². The second kappa shape index (κ2) is 14.1. The average Bonchev–Trinajstić information content (AvgIpc) is 3.08. The lowest BCUT2D eigenvalue weighted by atomic mass is 9.97. The normalized spacial score (nSPS) is 25.5. The maximum absolute atomic E-state index is 13.6. The van der Waals surface area contributed by atoms with Crippen molar-refractivity contribution in [1.29, 1.82) is 0 Å². The van der Waals surface area contributed by atoms with Gasteiger partial charge in [-0.2, -0.15) is 4.98 Å². The summed E-state index contributed by atoms with van der Waals surface area (Å²) in [4.78, 5) is 39.1. The summed E-state index contributed by atoms with van der Waals surface area (Å²) in [6, 6.07) is 0.248. The first-order valence-corrected chi connectivity index (χ1v) is 15.4. The van der Waals surface area contributed by atoms with E-state index < -0.39 is 66.9 Å². The van der Waals surface area contributed by atoms with E-state index in [1.807, 2.05) is 0 Å². The Morgan fingerprint density at radius 2 is 2.02 bits per heavy atom. The van der Waals surface area contributed by atoms with Gasteiger partial charge in [-0.1, -0.05) is 11.8 Å². The molecule has 1 aromatic heterocycles. The van der Waals surface area contributed by atoms with Crippen LogP contribution in [0.15, 0.2) is 17.1 Å². The average molecular weight is 629 g/mol. The van der Waals surface area contributed by atoms with E-state index in [-0.39, 0.29) is 29.9 Å². The van der Waals surface area contributed by atoms with Gasteiger partial charge in [0.15, 0.2) is 11.3 Å². The highest BCUT2D eigenvalue weighted by Gasteiger charge is 2.54. The second-order valence-corrected chi connectivity index (χ2v) is 14.0. The minimum atomic E-state index is -4.27. The lowest BCUT2D eigenvalue weighted by molar-refractivity contribution is -0.149. The number of halogens is 1. The van der Waals surface area contributed by atoms with Gasteiger partial charge in [-0.05, 0) is 47.6 Å². The number of nitrogens with one attached hydrogen (secondary N) is 1. The SMILES string of the molecule is CC(C)OC(=O)[C@@H](C)N[P@](=O)(OCCSC(=O)C(C)(C)CO)OC[C@H]1O[C@@H](n2ccc(N)nc2=O)[C@](C)(Cl)[C@@H]1O. The molecule has 17 heteroatoms. The molecule has 0 radical (unpaired) electrons. The number of thioether (sulfide) groups is 1. The van der Waals surface area contributed by atoms with E-state index in [1.165, 1.54) is 26.1 Å². The Balaban J connectivity index is 2.16. The number of ether oxygens (including phenoxy) is 2. The maximum atomic E-state index is 13.6. The molecule has 1 aliphatic rings. The van der Waals surface area contributed by atoms with Gasteiger partial charge in [0.2, 0.25) is 0 Å². The molecule has 5 N–H and O–H groups in total. The molecule has 0 unspecified atom stereocenters. The molecule has 0 aromatic carbocycles. The third-order valence-electron chi connectivity index (χ3n) is 5.81. The van der Waals surface area contributed by atoms with Crippen molar-refractivity contribution < 1.29 is 42.9 Å². The molecule has 228 valence electrons. The number of nitrogens with zero attached hydrogens (tertiary/aromatic N) is 2. The Labute approximate surface area is 241 Å². The molecule has 1 saturated heterocycles. The van der Waals surface area contributed by atoms with Crippen LogP contribution in [0.5, 0.6) is 0 Å². The Morgan fingerprint density at radius 1 is 1.38 bits per heavy atom. The lowest BCUT2D eigenvalue weighted by Crippen LogP contribution is -2.42. The summed E-state index contributed by atoms with van der Waals surface area (Å²) in [6.07, 6.45) is -2.85. The fraction of sp³-hybridized carbons (Fsp3) is 0.739. The topological polar surface area (TPSA) is 202 Å². The summed E-state index contributed by atoms with van der Waals surface area (Å²) >= 11 is 7.43. The summed E-state index contributed by atoms with van der Waals surface area (Å²) in [7, 11) is -4.27. The third-order valence-corrected chi connectivity index (χ3v) is 9.12. The van der Waals surface area contributed by atoms with Crippen molar-refractivity contribution in [2.45, 2.75) is 77.0 Å². The van der Waals surface area contributed by atoms with Crippen molar-refractivity contribution in [2.75, 3.05) is 31.3 Å². The number of nitrogens with two attached hydrogens (primary N) is 1. The molecule has 6 atom stereocenters. The summed E-state index contributed by atoms with van der Waals surface area (Å²) in [5.74, 6) is -0.651. The van der Waals surface area contributed by atoms with Crippen LogP contribution in [0, 0.1) is 5.41 Å². The van der Waals surface area contributed by atoms with Gasteiger partial charge in [-0.3, -0.25) is 23.2 Å². The fourth-order valence-corrected chi connectivity index (χ4v) is 6.12. The zero-order chi connectivity index (χ0) is 30.5. The highest BCUT2D eigenvalue weighted by atomic mass is 35.5. The summed E-state index contributed by atoms with van der Waals surface area (Å²) in [5, 5.41) is 22.4. The van der Waals surface area contributed by atoms with Crippen molar-refractivity contribution in [3.05, 3.63) is 22.7 Å². The smallest absolute Gasteiger partial charge is 0.406 e. The largest absolute Gasteiger partial charge is 0.462 e. The molecular weight excluding hydrogens is 591 g/mol. The monoisotopic (exact) mass is 628 g/mol. The number of alkyl halides is 1. The fourth-order valence-electron chi connectivity index (χ4n) is 3.41. The molecule has 14 nitrogen and oxygen atoms in total. The van der Waals surface area contributed by atoms with Crippen molar-refractivity contribution in [3.8, 4) is 0 Å². The van der Waals surface area contributed by atoms with Crippen LogP contribution in [-0.2, 0) is 32.7 Å². The number of hydrogen-bond acceptors (Lipinski definition) is 13. The first kappa shape index (κ1) is 34.7. The summed E-state index contributed by atoms with van der Waals surface area (Å²) in [6.45, 7) is 8.23. The van der Waals surface area contributed by atoms with E-state index in [0.717, 1.165) is 16.3 Å². The van der Waals surface area contributed by atoms with Gasteiger partial charge >= 0.3 is 19.4 Å². The summed E-state index contributed by atoms with van der Waals surface area (Å²) in [5.41, 5.74) is 3.82. The van der Waals surface area contributed by atoms with E-state index in [4.69, 9.17) is 35.9 Å². The van der Waals surface area contributed by atoms with Gasteiger partial charge in [-0.15, -0.1) is 11.6 Å². The third kappa shape index (κ3) is 8.97. The number of aliphatic hydroxyl groups is 2. The highest BCUT2D eigenvalue weighted by Crippen LogP contribution is 2.48. The minimum absolute atomic E-state index is 0.00924. The number of hydrogen-bond donors (Lipinski definition) is 4. The number of carbonyl (C=O) groups excluding carboxylic acids is 2. The zero-order valence-corrected chi connectivity index (χ0v) is 25.7. The van der Waals surface area contributed by atoms with E-state index in [0.29, 0.717) is 0 Å². The Bertz CT molecular complexity index is 1150. The first-order valence-electron chi connectivity index (χ1n) is 12.5. The quantitative estimate of drug-likeness (QED) is 0.0997. The molecule has 40 heavy (non-hydrogen) atoms. The molecule has 1 fully saturated rings. The molecule has 0 bridgehead atoms. The Morgan fingerprint density at radius 3 is 2.60 bits per heavy atom. The van der Waals surface area contributed by atoms with Crippen LogP contribution in [0.25, 0.3) is 0 Å². The van der Waals surface area contributed by atoms with Gasteiger partial charge < -0.3 is 25.4 Å². The van der Waals surface area contributed by atoms with E-state index in [9.17, 15) is 29.2 Å². The molecule has 0 aliphatic carbocycles. The number of esters is 1. The molecule has 0 saturated carbocycles. The van der Waals surface area contributed by atoms with Gasteiger partial charge in [0.1, 0.15) is 28.9 Å². The number of rotatable bonds is 14. The van der Waals surface area contributed by atoms with Gasteiger partial charge in [-0.25, -0.2) is 14.4 Å². The van der Waals surface area contributed by atoms with Crippen LogP contribution in [-0.4, -0.2) is 85.7 Å². The van der Waals surface area contributed by atoms with Gasteiger partial charge in [0.25, 0.3) is 0 Å². The highest BCUT2D eigenvalue weighted by molar-refractivity contribution is 8.13. The molecular formula is C23H38ClN4O10PS. The number of nitrogen functional groups attached to an aromatic ring is 1. The Kier molecular flexibility index (Phi) is 12.2. The zero-order valence-electron chi connectivity index (χ0n) is 23.2. The number of anilines is 1. The van der Waals surface area contributed by atoms with Gasteiger partial charge in [0, 0.05) is 11.9 Å². The van der Waals surface area contributed by atoms with Crippen LogP contribution >= 0.6 is 31.1 Å². The molecule has 1 aliphatic heterocycles. The van der Waals surface area contributed by atoms with Crippen LogP contribution in [0.3, 0.4) is 0 Å². The van der Waals surface area contributed by atoms with Crippen molar-refractivity contribution in [2.24, 2.45) is 5.41 Å². The van der Waals surface area contributed by atoms with Crippen molar-refractivity contribution in [3.63, 3.8) is 0 Å². The minimum Gasteiger partial charge on any atom is -0.462 e. The molecule has 2 rings (SSSR count). The molecule has 1 aromatic rings. The first-order chi connectivity index (χ1) is 18.4. The predicted octanol–water partition coefficient (Wildman–Crippen LogP) is 1.43. The van der Waals surface area contributed by atoms with Gasteiger partial charge in [0.05, 0.1) is 31.3 Å². The Hall–Kier alpha value is -1.55. The summed E-state index contributed by atoms with van der Waals surface area (Å²) < 4.78 is 36.7. The van der Waals surface area contributed by atoms with Crippen LogP contribution < -0.4 is 16.5 Å².